The SMILES string of the molecule is C=Cc1c(C)oc(CC)c1/C=C\CF. The van der Waals surface area contributed by atoms with Gasteiger partial charge in [0.2, 0.25) is 0 Å². The fourth-order valence-electron chi connectivity index (χ4n) is 1.50. The number of halogens is 1. The molecule has 0 radical (unpaired) electrons. The van der Waals surface area contributed by atoms with E-state index in [-0.39, 0.29) is 0 Å². The van der Waals surface area contributed by atoms with E-state index in [0.717, 1.165) is 29.1 Å². The molecule has 1 heterocycles. The summed E-state index contributed by atoms with van der Waals surface area (Å²) in [6, 6.07) is 0. The van der Waals surface area contributed by atoms with Crippen LogP contribution in [0.15, 0.2) is 17.1 Å². The first-order valence-corrected chi connectivity index (χ1v) is 4.71. The van der Waals surface area contributed by atoms with E-state index < -0.39 is 6.67 Å². The van der Waals surface area contributed by atoms with E-state index in [1.807, 2.05) is 13.8 Å². The van der Waals surface area contributed by atoms with Gasteiger partial charge in [-0.2, -0.15) is 0 Å². The third-order valence-corrected chi connectivity index (χ3v) is 2.15. The Labute approximate surface area is 83.9 Å². The minimum Gasteiger partial charge on any atom is -0.465 e. The van der Waals surface area contributed by atoms with Crippen LogP contribution in [0.4, 0.5) is 4.39 Å². The van der Waals surface area contributed by atoms with Crippen LogP contribution in [0.25, 0.3) is 12.2 Å². The van der Waals surface area contributed by atoms with Gasteiger partial charge in [0.1, 0.15) is 18.2 Å². The fraction of sp³-hybridized carbons (Fsp3) is 0.333. The van der Waals surface area contributed by atoms with Gasteiger partial charge in [0.25, 0.3) is 0 Å². The number of alkyl halides is 1. The second kappa shape index (κ2) is 4.80. The molecule has 0 amide bonds. The minimum atomic E-state index is -0.454. The molecule has 0 unspecified atom stereocenters. The lowest BCUT2D eigenvalue weighted by Crippen LogP contribution is -1.81. The van der Waals surface area contributed by atoms with Crippen molar-refractivity contribution in [2.24, 2.45) is 0 Å². The zero-order valence-electron chi connectivity index (χ0n) is 8.64. The molecule has 0 aliphatic heterocycles. The highest BCUT2D eigenvalue weighted by Crippen LogP contribution is 2.25. The molecule has 0 bridgehead atoms. The summed E-state index contributed by atoms with van der Waals surface area (Å²) in [4.78, 5) is 0. The molecule has 76 valence electrons. The van der Waals surface area contributed by atoms with Gasteiger partial charge in [-0.3, -0.25) is 0 Å². The average Bonchev–Trinajstić information content (AvgIpc) is 2.50. The molecule has 0 saturated carbocycles. The lowest BCUT2D eigenvalue weighted by molar-refractivity contribution is 0.487. The van der Waals surface area contributed by atoms with E-state index in [2.05, 4.69) is 6.58 Å². The predicted octanol–water partition coefficient (Wildman–Crippen LogP) is 3.78. The molecule has 0 aliphatic carbocycles. The van der Waals surface area contributed by atoms with Crippen molar-refractivity contribution in [3.05, 3.63) is 35.3 Å². The summed E-state index contributed by atoms with van der Waals surface area (Å²) in [5.41, 5.74) is 1.92. The van der Waals surface area contributed by atoms with E-state index in [9.17, 15) is 4.39 Å². The maximum atomic E-state index is 12.0. The summed E-state index contributed by atoms with van der Waals surface area (Å²) in [6.07, 6.45) is 5.79. The van der Waals surface area contributed by atoms with Crippen molar-refractivity contribution in [2.75, 3.05) is 6.67 Å². The van der Waals surface area contributed by atoms with Gasteiger partial charge in [0.05, 0.1) is 0 Å². The highest BCUT2D eigenvalue weighted by molar-refractivity contribution is 5.67. The second-order valence-corrected chi connectivity index (χ2v) is 3.02. The maximum absolute atomic E-state index is 12.0. The number of hydrogen-bond acceptors (Lipinski definition) is 1. The third-order valence-electron chi connectivity index (χ3n) is 2.15. The van der Waals surface area contributed by atoms with E-state index in [4.69, 9.17) is 4.42 Å². The van der Waals surface area contributed by atoms with E-state index >= 15 is 0 Å². The van der Waals surface area contributed by atoms with Gasteiger partial charge in [0.15, 0.2) is 0 Å². The van der Waals surface area contributed by atoms with Gasteiger partial charge in [-0.05, 0) is 6.92 Å². The Morgan fingerprint density at radius 2 is 2.14 bits per heavy atom. The van der Waals surface area contributed by atoms with Crippen molar-refractivity contribution in [2.45, 2.75) is 20.3 Å². The molecule has 0 atom stereocenters. The molecule has 0 aromatic carbocycles. The van der Waals surface area contributed by atoms with Crippen LogP contribution in [-0.4, -0.2) is 6.67 Å². The first kappa shape index (κ1) is 10.8. The normalized spacial score (nSPS) is 11.1. The number of aryl methyl sites for hydroxylation is 2. The number of furan rings is 1. The first-order valence-electron chi connectivity index (χ1n) is 4.71. The molecule has 1 rings (SSSR count). The van der Waals surface area contributed by atoms with Crippen molar-refractivity contribution in [1.29, 1.82) is 0 Å². The quantitative estimate of drug-likeness (QED) is 0.711. The van der Waals surface area contributed by atoms with Crippen molar-refractivity contribution >= 4 is 12.2 Å². The molecule has 14 heavy (non-hydrogen) atoms. The average molecular weight is 194 g/mol. The van der Waals surface area contributed by atoms with Gasteiger partial charge < -0.3 is 4.42 Å². The fourth-order valence-corrected chi connectivity index (χ4v) is 1.50. The number of allylic oxidation sites excluding steroid dienone is 1. The van der Waals surface area contributed by atoms with Crippen LogP contribution in [0, 0.1) is 6.92 Å². The molecule has 0 fully saturated rings. The summed E-state index contributed by atoms with van der Waals surface area (Å²) in [7, 11) is 0. The Bertz CT molecular complexity index is 347. The minimum absolute atomic E-state index is 0.454. The van der Waals surface area contributed by atoms with Crippen LogP contribution >= 0.6 is 0 Å². The molecular weight excluding hydrogens is 179 g/mol. The van der Waals surface area contributed by atoms with E-state index in [0.29, 0.717) is 0 Å². The number of rotatable bonds is 4. The van der Waals surface area contributed by atoms with Crippen LogP contribution in [0.1, 0.15) is 29.6 Å². The van der Waals surface area contributed by atoms with Crippen molar-refractivity contribution in [3.63, 3.8) is 0 Å². The van der Waals surface area contributed by atoms with Crippen molar-refractivity contribution < 1.29 is 8.81 Å². The Morgan fingerprint density at radius 3 is 2.64 bits per heavy atom. The first-order chi connectivity index (χ1) is 6.74. The molecular formula is C12H15FO. The van der Waals surface area contributed by atoms with Crippen LogP contribution in [0.5, 0.6) is 0 Å². The molecule has 1 aromatic rings. The lowest BCUT2D eigenvalue weighted by atomic mass is 10.1. The highest BCUT2D eigenvalue weighted by Gasteiger charge is 2.11. The molecule has 0 saturated heterocycles. The van der Waals surface area contributed by atoms with Gasteiger partial charge in [-0.1, -0.05) is 31.7 Å². The van der Waals surface area contributed by atoms with E-state index in [1.54, 1.807) is 12.2 Å². The Balaban J connectivity index is 3.20. The van der Waals surface area contributed by atoms with Gasteiger partial charge in [-0.15, -0.1) is 0 Å². The summed E-state index contributed by atoms with van der Waals surface area (Å²) in [6.45, 7) is 7.17. The van der Waals surface area contributed by atoms with Crippen LogP contribution in [0.2, 0.25) is 0 Å². The summed E-state index contributed by atoms with van der Waals surface area (Å²) in [5.74, 6) is 1.73. The Morgan fingerprint density at radius 1 is 1.43 bits per heavy atom. The smallest absolute Gasteiger partial charge is 0.111 e. The second-order valence-electron chi connectivity index (χ2n) is 3.02. The van der Waals surface area contributed by atoms with Crippen molar-refractivity contribution in [3.8, 4) is 0 Å². The molecule has 1 nitrogen and oxygen atoms in total. The zero-order chi connectivity index (χ0) is 10.6. The predicted molar refractivity (Wildman–Crippen MR) is 57.9 cm³/mol. The molecule has 0 spiro atoms. The van der Waals surface area contributed by atoms with Crippen LogP contribution < -0.4 is 0 Å². The summed E-state index contributed by atoms with van der Waals surface area (Å²) >= 11 is 0. The summed E-state index contributed by atoms with van der Waals surface area (Å²) < 4.78 is 17.6. The molecule has 0 aliphatic rings. The van der Waals surface area contributed by atoms with Gasteiger partial charge in [0, 0.05) is 17.5 Å². The molecule has 0 N–H and O–H groups in total. The lowest BCUT2D eigenvalue weighted by Gasteiger charge is -1.93. The van der Waals surface area contributed by atoms with Gasteiger partial charge >= 0.3 is 0 Å². The highest BCUT2D eigenvalue weighted by atomic mass is 19.1. The standard InChI is InChI=1S/C12H15FO/c1-4-10-9(3)14-12(5-2)11(10)7-6-8-13/h4,6-7H,1,5,8H2,2-3H3/b7-6-. The summed E-state index contributed by atoms with van der Waals surface area (Å²) in [5, 5.41) is 0. The zero-order valence-corrected chi connectivity index (χ0v) is 8.64. The van der Waals surface area contributed by atoms with Gasteiger partial charge in [-0.25, -0.2) is 4.39 Å². The number of hydrogen-bond donors (Lipinski definition) is 0. The van der Waals surface area contributed by atoms with Crippen molar-refractivity contribution in [1.82, 2.24) is 0 Å². The van der Waals surface area contributed by atoms with E-state index in [1.165, 1.54) is 6.08 Å². The third kappa shape index (κ3) is 1.95. The largest absolute Gasteiger partial charge is 0.465 e. The maximum Gasteiger partial charge on any atom is 0.111 e. The monoisotopic (exact) mass is 194 g/mol. The molecule has 1 aromatic heterocycles. The Hall–Kier alpha value is -1.31. The topological polar surface area (TPSA) is 13.1 Å². The molecule has 2 heteroatoms. The van der Waals surface area contributed by atoms with Crippen LogP contribution in [-0.2, 0) is 6.42 Å². The van der Waals surface area contributed by atoms with Crippen LogP contribution in [0.3, 0.4) is 0 Å². The Kier molecular flexibility index (Phi) is 3.69.